The highest BCUT2D eigenvalue weighted by molar-refractivity contribution is 9.10. The Kier molecular flexibility index (Phi) is 6.85. The summed E-state index contributed by atoms with van der Waals surface area (Å²) in [4.78, 5) is 2.31. The lowest BCUT2D eigenvalue weighted by Crippen LogP contribution is -2.45. The second-order valence-electron chi connectivity index (χ2n) is 6.42. The summed E-state index contributed by atoms with van der Waals surface area (Å²) in [5, 5.41) is 3.33. The van der Waals surface area contributed by atoms with E-state index in [-0.39, 0.29) is 11.8 Å². The fourth-order valence-electron chi connectivity index (χ4n) is 3.40. The molecular weight excluding hydrogens is 437 g/mol. The Bertz CT molecular complexity index is 778. The lowest BCUT2D eigenvalue weighted by atomic mass is 9.95. The minimum absolute atomic E-state index is 0.138. The Morgan fingerprint density at radius 1 is 1.11 bits per heavy atom. The topological polar surface area (TPSA) is 33.7 Å². The van der Waals surface area contributed by atoms with Gasteiger partial charge in [-0.1, -0.05) is 28.1 Å². The maximum Gasteiger partial charge on any atom is 0.573 e. The number of alkyl halides is 3. The van der Waals surface area contributed by atoms with Crippen molar-refractivity contribution in [1.29, 1.82) is 0 Å². The molecule has 28 heavy (non-hydrogen) atoms. The van der Waals surface area contributed by atoms with Gasteiger partial charge in [0.05, 0.1) is 12.6 Å². The summed E-state index contributed by atoms with van der Waals surface area (Å²) in [6.07, 6.45) is -4.70. The largest absolute Gasteiger partial charge is 0.573 e. The molecule has 0 aromatic heterocycles. The highest BCUT2D eigenvalue weighted by Crippen LogP contribution is 2.37. The molecule has 0 spiro atoms. The van der Waals surface area contributed by atoms with E-state index < -0.39 is 6.36 Å². The maximum atomic E-state index is 12.5. The van der Waals surface area contributed by atoms with Gasteiger partial charge in [-0.15, -0.1) is 13.2 Å². The van der Waals surface area contributed by atoms with Crippen molar-refractivity contribution >= 4 is 15.9 Å². The van der Waals surface area contributed by atoms with Crippen LogP contribution in [0, 0.1) is 0 Å². The van der Waals surface area contributed by atoms with Crippen LogP contribution in [0.25, 0.3) is 0 Å². The van der Waals surface area contributed by atoms with Crippen LogP contribution >= 0.6 is 15.9 Å². The first-order valence-corrected chi connectivity index (χ1v) is 9.89. The summed E-state index contributed by atoms with van der Waals surface area (Å²) in [5.41, 5.74) is 1.86. The van der Waals surface area contributed by atoms with Gasteiger partial charge in [-0.05, 0) is 42.8 Å². The van der Waals surface area contributed by atoms with Crippen LogP contribution in [-0.2, 0) is 0 Å². The molecule has 0 radical (unpaired) electrons. The number of halogens is 4. The van der Waals surface area contributed by atoms with E-state index in [0.29, 0.717) is 6.61 Å². The van der Waals surface area contributed by atoms with E-state index >= 15 is 0 Å². The zero-order valence-corrected chi connectivity index (χ0v) is 17.0. The van der Waals surface area contributed by atoms with Crippen molar-refractivity contribution in [2.75, 3.05) is 32.8 Å². The van der Waals surface area contributed by atoms with Gasteiger partial charge in [-0.2, -0.15) is 0 Å². The molecule has 1 atom stereocenters. The molecule has 8 heteroatoms. The van der Waals surface area contributed by atoms with Crippen molar-refractivity contribution in [2.24, 2.45) is 0 Å². The molecule has 3 rings (SSSR count). The smallest absolute Gasteiger partial charge is 0.494 e. The summed E-state index contributed by atoms with van der Waals surface area (Å²) in [7, 11) is 0. The molecule has 1 fully saturated rings. The average molecular weight is 459 g/mol. The lowest BCUT2D eigenvalue weighted by Gasteiger charge is -2.36. The SMILES string of the molecule is CCOc1ccc(Br)cc1[C@@H](c1ccc(OC(F)(F)F)cc1)N1CCNCC1. The van der Waals surface area contributed by atoms with Gasteiger partial charge in [0, 0.05) is 36.2 Å². The van der Waals surface area contributed by atoms with Crippen molar-refractivity contribution in [3.63, 3.8) is 0 Å². The molecule has 0 aliphatic carbocycles. The van der Waals surface area contributed by atoms with Crippen LogP contribution in [0.4, 0.5) is 13.2 Å². The molecule has 0 saturated carbocycles. The zero-order chi connectivity index (χ0) is 20.1. The Hall–Kier alpha value is -1.77. The Morgan fingerprint density at radius 3 is 2.39 bits per heavy atom. The number of ether oxygens (including phenoxy) is 2. The van der Waals surface area contributed by atoms with E-state index in [1.807, 2.05) is 25.1 Å². The summed E-state index contributed by atoms with van der Waals surface area (Å²) in [6.45, 7) is 5.80. The standard InChI is InChI=1S/C20H22BrF3N2O2/c1-2-27-18-8-5-15(21)13-17(18)19(26-11-9-25-10-12-26)14-3-6-16(7-4-14)28-20(22,23)24/h3-8,13,19,25H,2,9-12H2,1H3/t19-/m1/s1. The van der Waals surface area contributed by atoms with E-state index in [9.17, 15) is 13.2 Å². The van der Waals surface area contributed by atoms with Crippen molar-refractivity contribution in [1.82, 2.24) is 10.2 Å². The Labute approximate surface area is 170 Å². The predicted molar refractivity (Wildman–Crippen MR) is 105 cm³/mol. The van der Waals surface area contributed by atoms with Crippen LogP contribution < -0.4 is 14.8 Å². The number of hydrogen-bond acceptors (Lipinski definition) is 4. The van der Waals surface area contributed by atoms with Crippen LogP contribution in [0.3, 0.4) is 0 Å². The first-order chi connectivity index (χ1) is 13.4. The zero-order valence-electron chi connectivity index (χ0n) is 15.4. The highest BCUT2D eigenvalue weighted by atomic mass is 79.9. The van der Waals surface area contributed by atoms with Crippen LogP contribution in [0.2, 0.25) is 0 Å². The first-order valence-electron chi connectivity index (χ1n) is 9.10. The molecular formula is C20H22BrF3N2O2. The molecule has 0 unspecified atom stereocenters. The summed E-state index contributed by atoms with van der Waals surface area (Å²) >= 11 is 3.53. The van der Waals surface area contributed by atoms with E-state index in [4.69, 9.17) is 4.74 Å². The van der Waals surface area contributed by atoms with Crippen LogP contribution in [0.5, 0.6) is 11.5 Å². The van der Waals surface area contributed by atoms with E-state index in [1.165, 1.54) is 12.1 Å². The molecule has 152 valence electrons. The quantitative estimate of drug-likeness (QED) is 0.677. The fourth-order valence-corrected chi connectivity index (χ4v) is 3.78. The number of nitrogens with one attached hydrogen (secondary N) is 1. The number of benzene rings is 2. The molecule has 2 aromatic rings. The molecule has 2 aromatic carbocycles. The first kappa shape index (κ1) is 21.0. The summed E-state index contributed by atoms with van der Waals surface area (Å²) in [5.74, 6) is 0.541. The maximum absolute atomic E-state index is 12.5. The van der Waals surface area contributed by atoms with Crippen molar-refractivity contribution < 1.29 is 22.6 Å². The van der Waals surface area contributed by atoms with Gasteiger partial charge in [0.25, 0.3) is 0 Å². The molecule has 1 N–H and O–H groups in total. The minimum Gasteiger partial charge on any atom is -0.494 e. The number of piperazine rings is 1. The summed E-state index contributed by atoms with van der Waals surface area (Å²) < 4.78 is 48.2. The lowest BCUT2D eigenvalue weighted by molar-refractivity contribution is -0.274. The normalized spacial score (nSPS) is 16.6. The van der Waals surface area contributed by atoms with Gasteiger partial charge >= 0.3 is 6.36 Å². The van der Waals surface area contributed by atoms with E-state index in [0.717, 1.165) is 47.5 Å². The third-order valence-electron chi connectivity index (χ3n) is 4.51. The molecule has 1 aliphatic heterocycles. The van der Waals surface area contributed by atoms with Crippen LogP contribution in [-0.4, -0.2) is 44.0 Å². The third-order valence-corrected chi connectivity index (χ3v) is 5.01. The highest BCUT2D eigenvalue weighted by Gasteiger charge is 2.31. The number of rotatable bonds is 6. The molecule has 0 bridgehead atoms. The predicted octanol–water partition coefficient (Wildman–Crippen LogP) is 4.74. The van der Waals surface area contributed by atoms with Gasteiger partial charge in [0.2, 0.25) is 0 Å². The van der Waals surface area contributed by atoms with Crippen LogP contribution in [0.15, 0.2) is 46.9 Å². The van der Waals surface area contributed by atoms with Gasteiger partial charge in [-0.25, -0.2) is 0 Å². The minimum atomic E-state index is -4.70. The molecule has 4 nitrogen and oxygen atoms in total. The third kappa shape index (κ3) is 5.40. The van der Waals surface area contributed by atoms with E-state index in [2.05, 4.69) is 30.9 Å². The molecule has 1 aliphatic rings. The second-order valence-corrected chi connectivity index (χ2v) is 7.34. The number of hydrogen-bond donors (Lipinski definition) is 1. The second kappa shape index (κ2) is 9.15. The van der Waals surface area contributed by atoms with Gasteiger partial charge < -0.3 is 14.8 Å². The summed E-state index contributed by atoms with van der Waals surface area (Å²) in [6, 6.07) is 11.8. The van der Waals surface area contributed by atoms with E-state index in [1.54, 1.807) is 12.1 Å². The van der Waals surface area contributed by atoms with Gasteiger partial charge in [0.15, 0.2) is 0 Å². The van der Waals surface area contributed by atoms with Crippen LogP contribution in [0.1, 0.15) is 24.1 Å². The van der Waals surface area contributed by atoms with Crippen molar-refractivity contribution in [3.05, 3.63) is 58.1 Å². The van der Waals surface area contributed by atoms with Crippen molar-refractivity contribution in [3.8, 4) is 11.5 Å². The molecule has 1 heterocycles. The Balaban J connectivity index is 1.99. The molecule has 0 amide bonds. The Morgan fingerprint density at radius 2 is 1.79 bits per heavy atom. The van der Waals surface area contributed by atoms with Gasteiger partial charge in [-0.3, -0.25) is 4.90 Å². The molecule has 1 saturated heterocycles. The van der Waals surface area contributed by atoms with Crippen molar-refractivity contribution in [2.45, 2.75) is 19.3 Å². The number of nitrogens with zero attached hydrogens (tertiary/aromatic N) is 1. The monoisotopic (exact) mass is 458 g/mol. The fraction of sp³-hybridized carbons (Fsp3) is 0.400. The average Bonchev–Trinajstić information content (AvgIpc) is 2.65. The van der Waals surface area contributed by atoms with Gasteiger partial charge in [0.1, 0.15) is 11.5 Å².